The molecule has 6 nitrogen and oxygen atoms in total. The Morgan fingerprint density at radius 3 is 2.24 bits per heavy atom. The lowest BCUT2D eigenvalue weighted by atomic mass is 9.92. The summed E-state index contributed by atoms with van der Waals surface area (Å²) in [4.78, 5) is 39.6. The molecule has 1 N–H and O–H groups in total. The second kappa shape index (κ2) is 7.68. The molecule has 2 fully saturated rings. The van der Waals surface area contributed by atoms with Crippen molar-refractivity contribution in [1.29, 1.82) is 0 Å². The minimum Gasteiger partial charge on any atom is -0.478 e. The minimum atomic E-state index is -1.03. The van der Waals surface area contributed by atoms with E-state index in [4.69, 9.17) is 5.11 Å². The van der Waals surface area contributed by atoms with Crippen LogP contribution in [0.25, 0.3) is 0 Å². The molecular weight excluding hydrogens is 320 g/mol. The van der Waals surface area contributed by atoms with Gasteiger partial charge in [-0.3, -0.25) is 9.59 Å². The van der Waals surface area contributed by atoms with Gasteiger partial charge in [-0.05, 0) is 49.8 Å². The number of hydrogen-bond donors (Lipinski definition) is 1. The Bertz CT molecular complexity index is 659. The minimum absolute atomic E-state index is 0.122. The molecule has 0 saturated carbocycles. The Kier molecular flexibility index (Phi) is 5.36. The molecule has 1 aromatic rings. The topological polar surface area (TPSA) is 77.9 Å². The third-order valence-electron chi connectivity index (χ3n) is 5.18. The molecule has 0 bridgehead atoms. The molecule has 25 heavy (non-hydrogen) atoms. The summed E-state index contributed by atoms with van der Waals surface area (Å²) in [6.45, 7) is 3.01. The highest BCUT2D eigenvalue weighted by molar-refractivity contribution is 5.97. The molecule has 2 aliphatic heterocycles. The van der Waals surface area contributed by atoms with Crippen LogP contribution in [-0.2, 0) is 4.79 Å². The molecule has 2 aliphatic rings. The van der Waals surface area contributed by atoms with Crippen molar-refractivity contribution in [2.75, 3.05) is 26.2 Å². The van der Waals surface area contributed by atoms with Crippen molar-refractivity contribution in [1.82, 2.24) is 9.80 Å². The lowest BCUT2D eigenvalue weighted by Crippen LogP contribution is -2.40. The Morgan fingerprint density at radius 1 is 0.960 bits per heavy atom. The predicted molar refractivity (Wildman–Crippen MR) is 92.5 cm³/mol. The van der Waals surface area contributed by atoms with Gasteiger partial charge in [0.25, 0.3) is 5.91 Å². The van der Waals surface area contributed by atoms with Crippen LogP contribution in [-0.4, -0.2) is 58.9 Å². The number of carboxylic acid groups (broad SMARTS) is 1. The fourth-order valence-corrected chi connectivity index (χ4v) is 3.65. The summed E-state index contributed by atoms with van der Waals surface area (Å²) < 4.78 is 0. The maximum absolute atomic E-state index is 12.6. The van der Waals surface area contributed by atoms with Gasteiger partial charge in [-0.25, -0.2) is 4.79 Å². The van der Waals surface area contributed by atoms with Gasteiger partial charge in [0.05, 0.1) is 5.56 Å². The Hall–Kier alpha value is -2.37. The van der Waals surface area contributed by atoms with Gasteiger partial charge in [-0.1, -0.05) is 6.07 Å². The molecule has 0 unspecified atom stereocenters. The van der Waals surface area contributed by atoms with Crippen LogP contribution in [0.2, 0.25) is 0 Å². The summed E-state index contributed by atoms with van der Waals surface area (Å²) in [5, 5.41) is 9.05. The third kappa shape index (κ3) is 4.18. The first kappa shape index (κ1) is 17.5. The van der Waals surface area contributed by atoms with Crippen LogP contribution < -0.4 is 0 Å². The number of nitrogens with zero attached hydrogens (tertiary/aromatic N) is 2. The number of aromatic carboxylic acids is 1. The molecular formula is C19H24N2O4. The van der Waals surface area contributed by atoms with Crippen LogP contribution in [0.15, 0.2) is 24.3 Å². The number of hydrogen-bond acceptors (Lipinski definition) is 3. The fourth-order valence-electron chi connectivity index (χ4n) is 3.65. The zero-order valence-electron chi connectivity index (χ0n) is 14.3. The van der Waals surface area contributed by atoms with Crippen molar-refractivity contribution in [2.24, 2.45) is 5.92 Å². The maximum Gasteiger partial charge on any atom is 0.335 e. The number of rotatable bonds is 4. The third-order valence-corrected chi connectivity index (χ3v) is 5.18. The zero-order valence-corrected chi connectivity index (χ0v) is 14.3. The summed E-state index contributed by atoms with van der Waals surface area (Å²) >= 11 is 0. The van der Waals surface area contributed by atoms with Gasteiger partial charge in [-0.2, -0.15) is 0 Å². The highest BCUT2D eigenvalue weighted by Crippen LogP contribution is 2.24. The highest BCUT2D eigenvalue weighted by atomic mass is 16.4. The number of carbonyl (C=O) groups is 3. The van der Waals surface area contributed by atoms with Gasteiger partial charge in [-0.15, -0.1) is 0 Å². The van der Waals surface area contributed by atoms with Gasteiger partial charge in [0.15, 0.2) is 0 Å². The standard InChI is InChI=1S/C19H24N2O4/c22-17(20-8-1-2-9-20)12-14-6-10-21(11-7-14)18(23)15-4-3-5-16(13-15)19(24)25/h3-5,13-14H,1-2,6-12H2,(H,24,25). The first-order valence-electron chi connectivity index (χ1n) is 8.95. The van der Waals surface area contributed by atoms with E-state index in [0.29, 0.717) is 31.0 Å². The van der Waals surface area contributed by atoms with Crippen LogP contribution in [0.4, 0.5) is 0 Å². The summed E-state index contributed by atoms with van der Waals surface area (Å²) in [7, 11) is 0. The SMILES string of the molecule is O=C(O)c1cccc(C(=O)N2CCC(CC(=O)N3CCCC3)CC2)c1. The van der Waals surface area contributed by atoms with E-state index in [2.05, 4.69) is 0 Å². The van der Waals surface area contributed by atoms with Gasteiger partial charge in [0.2, 0.25) is 5.91 Å². The number of carboxylic acids is 1. The number of carbonyl (C=O) groups excluding carboxylic acids is 2. The highest BCUT2D eigenvalue weighted by Gasteiger charge is 2.27. The van der Waals surface area contributed by atoms with E-state index in [0.717, 1.165) is 38.8 Å². The summed E-state index contributed by atoms with van der Waals surface area (Å²) in [6.07, 6.45) is 4.44. The van der Waals surface area contributed by atoms with E-state index in [1.807, 2.05) is 4.90 Å². The van der Waals surface area contributed by atoms with E-state index in [1.54, 1.807) is 17.0 Å². The molecule has 0 aliphatic carbocycles. The molecule has 2 heterocycles. The van der Waals surface area contributed by atoms with Crippen molar-refractivity contribution in [3.63, 3.8) is 0 Å². The van der Waals surface area contributed by atoms with Crippen LogP contribution in [0, 0.1) is 5.92 Å². The monoisotopic (exact) mass is 344 g/mol. The normalized spacial score (nSPS) is 18.4. The summed E-state index contributed by atoms with van der Waals surface area (Å²) in [5.74, 6) is -0.583. The quantitative estimate of drug-likeness (QED) is 0.909. The van der Waals surface area contributed by atoms with Gasteiger partial charge < -0.3 is 14.9 Å². The summed E-state index contributed by atoms with van der Waals surface area (Å²) in [6, 6.07) is 6.15. The van der Waals surface area contributed by atoms with E-state index in [-0.39, 0.29) is 17.4 Å². The first-order chi connectivity index (χ1) is 12.0. The predicted octanol–water partition coefficient (Wildman–Crippen LogP) is 2.25. The first-order valence-corrected chi connectivity index (χ1v) is 8.95. The molecule has 0 atom stereocenters. The molecule has 0 aromatic heterocycles. The fraction of sp³-hybridized carbons (Fsp3) is 0.526. The Balaban J connectivity index is 1.53. The van der Waals surface area contributed by atoms with Crippen molar-refractivity contribution in [2.45, 2.75) is 32.1 Å². The average molecular weight is 344 g/mol. The van der Waals surface area contributed by atoms with Crippen LogP contribution in [0.5, 0.6) is 0 Å². The molecule has 3 rings (SSSR count). The molecule has 134 valence electrons. The van der Waals surface area contributed by atoms with Gasteiger partial charge >= 0.3 is 5.97 Å². The largest absolute Gasteiger partial charge is 0.478 e. The molecule has 2 amide bonds. The number of piperidine rings is 1. The molecule has 1 aromatic carbocycles. The second-order valence-corrected chi connectivity index (χ2v) is 6.91. The van der Waals surface area contributed by atoms with E-state index in [9.17, 15) is 14.4 Å². The van der Waals surface area contributed by atoms with Crippen molar-refractivity contribution < 1.29 is 19.5 Å². The van der Waals surface area contributed by atoms with Crippen molar-refractivity contribution in [3.8, 4) is 0 Å². The van der Waals surface area contributed by atoms with E-state index < -0.39 is 5.97 Å². The lowest BCUT2D eigenvalue weighted by molar-refractivity contribution is -0.131. The Morgan fingerprint density at radius 2 is 1.60 bits per heavy atom. The number of benzene rings is 1. The van der Waals surface area contributed by atoms with Crippen molar-refractivity contribution in [3.05, 3.63) is 35.4 Å². The van der Waals surface area contributed by atoms with E-state index in [1.165, 1.54) is 12.1 Å². The van der Waals surface area contributed by atoms with Crippen LogP contribution in [0.1, 0.15) is 52.8 Å². The number of likely N-dealkylation sites (tertiary alicyclic amines) is 2. The van der Waals surface area contributed by atoms with Gasteiger partial charge in [0, 0.05) is 38.2 Å². The van der Waals surface area contributed by atoms with Crippen molar-refractivity contribution >= 4 is 17.8 Å². The summed E-state index contributed by atoms with van der Waals surface area (Å²) in [5.41, 5.74) is 0.531. The lowest BCUT2D eigenvalue weighted by Gasteiger charge is -2.32. The smallest absolute Gasteiger partial charge is 0.335 e. The van der Waals surface area contributed by atoms with E-state index >= 15 is 0 Å². The molecule has 2 saturated heterocycles. The molecule has 6 heteroatoms. The second-order valence-electron chi connectivity index (χ2n) is 6.91. The Labute approximate surface area is 147 Å². The molecule has 0 spiro atoms. The van der Waals surface area contributed by atoms with Crippen LogP contribution in [0.3, 0.4) is 0 Å². The maximum atomic E-state index is 12.6. The average Bonchev–Trinajstić information content (AvgIpc) is 3.17. The molecule has 0 radical (unpaired) electrons. The van der Waals surface area contributed by atoms with Gasteiger partial charge in [0.1, 0.15) is 0 Å². The zero-order chi connectivity index (χ0) is 17.8. The van der Waals surface area contributed by atoms with Crippen LogP contribution >= 0.6 is 0 Å². The number of amides is 2.